The van der Waals surface area contributed by atoms with E-state index in [1.54, 1.807) is 18.2 Å². The monoisotopic (exact) mass is 493 g/mol. The highest BCUT2D eigenvalue weighted by atomic mass is 35.5. The van der Waals surface area contributed by atoms with Gasteiger partial charge in [0.25, 0.3) is 11.8 Å². The zero-order valence-corrected chi connectivity index (χ0v) is 19.5. The smallest absolute Gasteiger partial charge is 0.262 e. The standard InChI is InChI=1S/C26H21ClFN3O4/c1-30(26(33)18-7-3-5-9-20(18)28)14-25(32)31-22(16-10-11-23-24(12-16)35-15-34-23)13-21(29-31)17-6-2-4-8-19(17)27/h2-12,22H,13-15H2,1H3/t22-/m0/s1. The maximum absolute atomic E-state index is 14.1. The molecule has 178 valence electrons. The molecule has 3 aromatic carbocycles. The molecule has 0 fully saturated rings. The number of ether oxygens (including phenoxy) is 2. The zero-order valence-electron chi connectivity index (χ0n) is 18.8. The van der Waals surface area contributed by atoms with Crippen molar-refractivity contribution in [2.45, 2.75) is 12.5 Å². The predicted octanol–water partition coefficient (Wildman–Crippen LogP) is 4.66. The van der Waals surface area contributed by atoms with Crippen LogP contribution in [0.2, 0.25) is 5.02 Å². The Kier molecular flexibility index (Phi) is 6.13. The van der Waals surface area contributed by atoms with Crippen LogP contribution in [0.1, 0.15) is 33.9 Å². The number of rotatable bonds is 5. The molecule has 2 amide bonds. The molecule has 7 nitrogen and oxygen atoms in total. The van der Waals surface area contributed by atoms with Crippen molar-refractivity contribution in [1.82, 2.24) is 9.91 Å². The van der Waals surface area contributed by atoms with E-state index in [-0.39, 0.29) is 18.9 Å². The summed E-state index contributed by atoms with van der Waals surface area (Å²) in [6.45, 7) is -0.149. The van der Waals surface area contributed by atoms with Crippen molar-refractivity contribution < 1.29 is 23.5 Å². The van der Waals surface area contributed by atoms with Gasteiger partial charge in [0.1, 0.15) is 12.4 Å². The Morgan fingerprint density at radius 2 is 1.83 bits per heavy atom. The molecule has 0 unspecified atom stereocenters. The lowest BCUT2D eigenvalue weighted by atomic mass is 9.98. The predicted molar refractivity (Wildman–Crippen MR) is 128 cm³/mol. The number of carbonyl (C=O) groups excluding carboxylic acids is 2. The molecule has 0 bridgehead atoms. The first-order chi connectivity index (χ1) is 16.9. The quantitative estimate of drug-likeness (QED) is 0.518. The van der Waals surface area contributed by atoms with Crippen LogP contribution in [0, 0.1) is 5.82 Å². The minimum atomic E-state index is -0.643. The molecule has 0 spiro atoms. The maximum Gasteiger partial charge on any atom is 0.262 e. The maximum atomic E-state index is 14.1. The zero-order chi connectivity index (χ0) is 24.5. The van der Waals surface area contributed by atoms with Gasteiger partial charge in [0.15, 0.2) is 11.5 Å². The van der Waals surface area contributed by atoms with E-state index in [4.69, 9.17) is 21.1 Å². The second-order valence-electron chi connectivity index (χ2n) is 8.24. The Bertz CT molecular complexity index is 1350. The van der Waals surface area contributed by atoms with Crippen LogP contribution in [-0.2, 0) is 4.79 Å². The van der Waals surface area contributed by atoms with Gasteiger partial charge in [0.2, 0.25) is 6.79 Å². The van der Waals surface area contributed by atoms with Crippen LogP contribution in [0.3, 0.4) is 0 Å². The summed E-state index contributed by atoms with van der Waals surface area (Å²) in [7, 11) is 1.46. The van der Waals surface area contributed by atoms with Gasteiger partial charge in [0, 0.05) is 24.1 Å². The van der Waals surface area contributed by atoms with Crippen molar-refractivity contribution in [3.8, 4) is 11.5 Å². The highest BCUT2D eigenvalue weighted by Gasteiger charge is 2.35. The number of nitrogens with zero attached hydrogens (tertiary/aromatic N) is 3. The van der Waals surface area contributed by atoms with Crippen molar-refractivity contribution in [1.29, 1.82) is 0 Å². The van der Waals surface area contributed by atoms with Crippen LogP contribution in [0.15, 0.2) is 71.8 Å². The summed E-state index contributed by atoms with van der Waals surface area (Å²) < 4.78 is 25.0. The molecule has 0 aromatic heterocycles. The number of halogens is 2. The number of fused-ring (bicyclic) bond motifs is 1. The van der Waals surface area contributed by atoms with E-state index in [2.05, 4.69) is 5.10 Å². The third-order valence-electron chi connectivity index (χ3n) is 5.96. The molecule has 5 rings (SSSR count). The van der Waals surface area contributed by atoms with E-state index in [9.17, 15) is 14.0 Å². The van der Waals surface area contributed by atoms with Crippen molar-refractivity contribution in [2.75, 3.05) is 20.4 Å². The Hall–Kier alpha value is -3.91. The van der Waals surface area contributed by atoms with Crippen LogP contribution in [0.5, 0.6) is 11.5 Å². The fraction of sp³-hybridized carbons (Fsp3) is 0.192. The van der Waals surface area contributed by atoms with Crippen molar-refractivity contribution in [2.24, 2.45) is 5.10 Å². The van der Waals surface area contributed by atoms with Gasteiger partial charge >= 0.3 is 0 Å². The molecule has 2 heterocycles. The van der Waals surface area contributed by atoms with E-state index in [1.165, 1.54) is 35.2 Å². The first-order valence-electron chi connectivity index (χ1n) is 11.0. The molecule has 0 aliphatic carbocycles. The normalized spacial score (nSPS) is 16.3. The number of carbonyl (C=O) groups is 2. The summed E-state index contributed by atoms with van der Waals surface area (Å²) in [5.41, 5.74) is 2.08. The van der Waals surface area contributed by atoms with Gasteiger partial charge in [-0.15, -0.1) is 0 Å². The molecule has 2 aliphatic rings. The molecule has 0 radical (unpaired) electrons. The van der Waals surface area contributed by atoms with E-state index < -0.39 is 23.7 Å². The average molecular weight is 494 g/mol. The minimum Gasteiger partial charge on any atom is -0.454 e. The molecule has 9 heteroatoms. The van der Waals surface area contributed by atoms with Gasteiger partial charge in [-0.2, -0.15) is 5.10 Å². The van der Waals surface area contributed by atoms with E-state index in [0.717, 1.165) is 11.1 Å². The van der Waals surface area contributed by atoms with Gasteiger partial charge < -0.3 is 14.4 Å². The number of hydrogen-bond acceptors (Lipinski definition) is 5. The fourth-order valence-electron chi connectivity index (χ4n) is 4.17. The molecule has 0 N–H and O–H groups in total. The Labute approximate surface area is 206 Å². The minimum absolute atomic E-state index is 0.100. The molecule has 1 atom stereocenters. The van der Waals surface area contributed by atoms with Gasteiger partial charge in [-0.3, -0.25) is 9.59 Å². The van der Waals surface area contributed by atoms with Gasteiger partial charge in [-0.25, -0.2) is 9.40 Å². The lowest BCUT2D eigenvalue weighted by molar-refractivity contribution is -0.133. The lowest BCUT2D eigenvalue weighted by Crippen LogP contribution is -2.39. The second kappa shape index (κ2) is 9.38. The number of benzene rings is 3. The molecule has 2 aliphatic heterocycles. The third-order valence-corrected chi connectivity index (χ3v) is 6.29. The fourth-order valence-corrected chi connectivity index (χ4v) is 4.41. The van der Waals surface area contributed by atoms with Gasteiger partial charge in [0.05, 0.1) is 17.3 Å². The van der Waals surface area contributed by atoms with Crippen molar-refractivity contribution >= 4 is 29.1 Å². The summed E-state index contributed by atoms with van der Waals surface area (Å²) in [5.74, 6) is -0.428. The van der Waals surface area contributed by atoms with Gasteiger partial charge in [-0.1, -0.05) is 48.0 Å². The number of hydrogen-bond donors (Lipinski definition) is 0. The first kappa shape index (κ1) is 22.9. The Morgan fingerprint density at radius 1 is 1.09 bits per heavy atom. The van der Waals surface area contributed by atoms with Crippen LogP contribution in [0.25, 0.3) is 0 Å². The molecular weight excluding hydrogens is 473 g/mol. The Morgan fingerprint density at radius 3 is 2.63 bits per heavy atom. The van der Waals surface area contributed by atoms with Crippen LogP contribution >= 0.6 is 11.6 Å². The van der Waals surface area contributed by atoms with E-state index in [0.29, 0.717) is 28.7 Å². The Balaban J connectivity index is 1.44. The van der Waals surface area contributed by atoms with E-state index >= 15 is 0 Å². The SMILES string of the molecule is CN(CC(=O)N1N=C(c2ccccc2Cl)C[C@H]1c1ccc2c(c1)OCO2)C(=O)c1ccccc1F. The van der Waals surface area contributed by atoms with E-state index in [1.807, 2.05) is 30.3 Å². The summed E-state index contributed by atoms with van der Waals surface area (Å²) in [6, 6.07) is 18.0. The lowest BCUT2D eigenvalue weighted by Gasteiger charge is -2.25. The van der Waals surface area contributed by atoms with Gasteiger partial charge in [-0.05, 0) is 35.9 Å². The average Bonchev–Trinajstić information content (AvgIpc) is 3.51. The second-order valence-corrected chi connectivity index (χ2v) is 8.65. The summed E-state index contributed by atoms with van der Waals surface area (Å²) in [4.78, 5) is 27.3. The molecular formula is C26H21ClFN3O4. The number of likely N-dealkylation sites (N-methyl/N-ethyl adjacent to an activating group) is 1. The van der Waals surface area contributed by atoms with Crippen molar-refractivity contribution in [3.63, 3.8) is 0 Å². The summed E-state index contributed by atoms with van der Waals surface area (Å²) in [5, 5.41) is 6.49. The summed E-state index contributed by atoms with van der Waals surface area (Å²) in [6.07, 6.45) is 0.417. The molecule has 3 aromatic rings. The molecule has 35 heavy (non-hydrogen) atoms. The highest BCUT2D eigenvalue weighted by molar-refractivity contribution is 6.34. The summed E-state index contributed by atoms with van der Waals surface area (Å²) >= 11 is 6.40. The van der Waals surface area contributed by atoms with Crippen LogP contribution in [-0.4, -0.2) is 47.8 Å². The van der Waals surface area contributed by atoms with Crippen LogP contribution in [0.4, 0.5) is 4.39 Å². The molecule has 0 saturated carbocycles. The number of amides is 2. The largest absolute Gasteiger partial charge is 0.454 e. The molecule has 0 saturated heterocycles. The topological polar surface area (TPSA) is 71.4 Å². The van der Waals surface area contributed by atoms with Crippen molar-refractivity contribution in [3.05, 3.63) is 94.3 Å². The van der Waals surface area contributed by atoms with Crippen LogP contribution < -0.4 is 9.47 Å². The number of hydrazone groups is 1. The highest BCUT2D eigenvalue weighted by Crippen LogP contribution is 2.39. The third kappa shape index (κ3) is 4.44. The first-order valence-corrected chi connectivity index (χ1v) is 11.3.